The normalized spacial score (nSPS) is 18.1. The van der Waals surface area contributed by atoms with Crippen LogP contribution in [-0.4, -0.2) is 45.9 Å². The maximum absolute atomic E-state index is 11.3. The molecule has 1 saturated heterocycles. The first-order valence-corrected chi connectivity index (χ1v) is 8.43. The van der Waals surface area contributed by atoms with E-state index in [9.17, 15) is 4.79 Å². The molecule has 1 aliphatic heterocycles. The van der Waals surface area contributed by atoms with Crippen molar-refractivity contribution in [3.8, 4) is 0 Å². The molecule has 0 bridgehead atoms. The molecule has 0 unspecified atom stereocenters. The van der Waals surface area contributed by atoms with Crippen molar-refractivity contribution >= 4 is 17.7 Å². The fraction of sp³-hybridized carbons (Fsp3) is 0.571. The largest absolute Gasteiger partial charge is 0.464 e. The molecule has 2 aromatic heterocycles. The van der Waals surface area contributed by atoms with Gasteiger partial charge < -0.3 is 19.0 Å². The number of methoxy groups -OCH3 is 1. The standard InChI is InChI=1S/C14H19N5O3S/c1-19-12(9-4-3-5-15-6-9)17-18-14(19)23-8-11-16-10(7-22-11)13(20)21-2/h7,9,15H,3-6,8H2,1-2H3/t9-/m1/s1. The quantitative estimate of drug-likeness (QED) is 0.645. The first kappa shape index (κ1) is 16.0. The summed E-state index contributed by atoms with van der Waals surface area (Å²) in [7, 11) is 3.29. The molecule has 0 saturated carbocycles. The van der Waals surface area contributed by atoms with Gasteiger partial charge in [0.1, 0.15) is 12.1 Å². The van der Waals surface area contributed by atoms with Crippen molar-refractivity contribution < 1.29 is 13.9 Å². The van der Waals surface area contributed by atoms with Gasteiger partial charge >= 0.3 is 5.97 Å². The molecule has 1 N–H and O–H groups in total. The van der Waals surface area contributed by atoms with Gasteiger partial charge in [-0.2, -0.15) is 0 Å². The van der Waals surface area contributed by atoms with Crippen LogP contribution in [0.25, 0.3) is 0 Å². The molecule has 3 heterocycles. The van der Waals surface area contributed by atoms with Gasteiger partial charge in [0.05, 0.1) is 12.9 Å². The fourth-order valence-electron chi connectivity index (χ4n) is 2.58. The average molecular weight is 337 g/mol. The van der Waals surface area contributed by atoms with Crippen LogP contribution >= 0.6 is 11.8 Å². The van der Waals surface area contributed by atoms with Gasteiger partial charge in [0.2, 0.25) is 5.89 Å². The average Bonchev–Trinajstić information content (AvgIpc) is 3.20. The highest BCUT2D eigenvalue weighted by Crippen LogP contribution is 2.26. The summed E-state index contributed by atoms with van der Waals surface area (Å²) in [5.74, 6) is 1.84. The second-order valence-electron chi connectivity index (χ2n) is 5.35. The molecule has 23 heavy (non-hydrogen) atoms. The minimum absolute atomic E-state index is 0.176. The molecule has 0 aromatic carbocycles. The summed E-state index contributed by atoms with van der Waals surface area (Å²) in [6, 6.07) is 0. The zero-order valence-corrected chi connectivity index (χ0v) is 13.9. The summed E-state index contributed by atoms with van der Waals surface area (Å²) in [4.78, 5) is 15.4. The first-order valence-electron chi connectivity index (χ1n) is 7.44. The van der Waals surface area contributed by atoms with Gasteiger partial charge in [0.25, 0.3) is 0 Å². The maximum Gasteiger partial charge on any atom is 0.360 e. The van der Waals surface area contributed by atoms with Crippen LogP contribution in [0.4, 0.5) is 0 Å². The summed E-state index contributed by atoms with van der Waals surface area (Å²) in [6.45, 7) is 2.02. The van der Waals surface area contributed by atoms with Crippen LogP contribution in [0.1, 0.15) is 41.0 Å². The van der Waals surface area contributed by atoms with Crippen LogP contribution in [0.5, 0.6) is 0 Å². The molecular weight excluding hydrogens is 318 g/mol. The van der Waals surface area contributed by atoms with Crippen LogP contribution in [0.3, 0.4) is 0 Å². The number of carbonyl (C=O) groups excluding carboxylic acids is 1. The predicted octanol–water partition coefficient (Wildman–Crippen LogP) is 1.35. The van der Waals surface area contributed by atoms with Crippen LogP contribution in [0.15, 0.2) is 15.8 Å². The zero-order valence-electron chi connectivity index (χ0n) is 13.1. The molecule has 1 atom stereocenters. The molecule has 2 aromatic rings. The van der Waals surface area contributed by atoms with Crippen LogP contribution in [0, 0.1) is 0 Å². The molecule has 0 amide bonds. The fourth-order valence-corrected chi connectivity index (χ4v) is 3.35. The van der Waals surface area contributed by atoms with Gasteiger partial charge in [-0.3, -0.25) is 0 Å². The Labute approximate surface area is 138 Å². The van der Waals surface area contributed by atoms with E-state index in [-0.39, 0.29) is 5.69 Å². The van der Waals surface area contributed by atoms with E-state index in [4.69, 9.17) is 4.42 Å². The molecule has 8 nitrogen and oxygen atoms in total. The molecule has 0 spiro atoms. The Bertz CT molecular complexity index is 678. The van der Waals surface area contributed by atoms with Gasteiger partial charge in [-0.05, 0) is 19.4 Å². The second kappa shape index (κ2) is 7.14. The third-order valence-corrected chi connectivity index (χ3v) is 4.81. The van der Waals surface area contributed by atoms with Crippen molar-refractivity contribution in [2.45, 2.75) is 29.7 Å². The molecule has 0 aliphatic carbocycles. The summed E-state index contributed by atoms with van der Waals surface area (Å²) in [5.41, 5.74) is 0.176. The molecule has 1 fully saturated rings. The van der Waals surface area contributed by atoms with Gasteiger partial charge in [-0.25, -0.2) is 9.78 Å². The van der Waals surface area contributed by atoms with E-state index >= 15 is 0 Å². The summed E-state index contributed by atoms with van der Waals surface area (Å²) >= 11 is 1.48. The van der Waals surface area contributed by atoms with Gasteiger partial charge in [-0.15, -0.1) is 10.2 Å². The van der Waals surface area contributed by atoms with Crippen molar-refractivity contribution in [3.05, 3.63) is 23.7 Å². The van der Waals surface area contributed by atoms with E-state index in [0.717, 1.165) is 36.9 Å². The Balaban J connectivity index is 1.63. The van der Waals surface area contributed by atoms with E-state index < -0.39 is 5.97 Å². The third-order valence-electron chi connectivity index (χ3n) is 3.80. The Morgan fingerprint density at radius 2 is 2.43 bits per heavy atom. The SMILES string of the molecule is COC(=O)c1coc(CSc2nnc([C@@H]3CCCNC3)n2C)n1. The number of nitrogens with zero attached hydrogens (tertiary/aromatic N) is 4. The van der Waals surface area contributed by atoms with Gasteiger partial charge in [0.15, 0.2) is 10.9 Å². The van der Waals surface area contributed by atoms with Crippen LogP contribution in [-0.2, 0) is 17.5 Å². The van der Waals surface area contributed by atoms with Crippen LogP contribution < -0.4 is 5.32 Å². The number of esters is 1. The number of rotatable bonds is 5. The van der Waals surface area contributed by atoms with Gasteiger partial charge in [0, 0.05) is 19.5 Å². The van der Waals surface area contributed by atoms with Crippen molar-refractivity contribution in [1.29, 1.82) is 0 Å². The lowest BCUT2D eigenvalue weighted by Gasteiger charge is -2.21. The van der Waals surface area contributed by atoms with Crippen molar-refractivity contribution in [2.24, 2.45) is 7.05 Å². The Kier molecular flexibility index (Phi) is 4.97. The van der Waals surface area contributed by atoms with E-state index in [1.807, 2.05) is 11.6 Å². The second-order valence-corrected chi connectivity index (χ2v) is 6.29. The molecule has 0 radical (unpaired) electrons. The number of ether oxygens (including phenoxy) is 1. The molecule has 3 rings (SSSR count). The Morgan fingerprint density at radius 1 is 1.57 bits per heavy atom. The summed E-state index contributed by atoms with van der Waals surface area (Å²) in [5, 5.41) is 12.8. The third kappa shape index (κ3) is 3.56. The first-order chi connectivity index (χ1) is 11.2. The lowest BCUT2D eigenvalue weighted by molar-refractivity contribution is 0.0594. The molecule has 1 aliphatic rings. The molecular formula is C14H19N5O3S. The smallest absolute Gasteiger partial charge is 0.360 e. The lowest BCUT2D eigenvalue weighted by atomic mass is 9.99. The minimum atomic E-state index is -0.504. The number of carbonyl (C=O) groups is 1. The van der Waals surface area contributed by atoms with Crippen molar-refractivity contribution in [3.63, 3.8) is 0 Å². The van der Waals surface area contributed by atoms with E-state index in [0.29, 0.717) is 17.6 Å². The maximum atomic E-state index is 11.3. The predicted molar refractivity (Wildman–Crippen MR) is 83.3 cm³/mol. The van der Waals surface area contributed by atoms with E-state index in [1.165, 1.54) is 25.1 Å². The van der Waals surface area contributed by atoms with E-state index in [2.05, 4.69) is 25.2 Å². The number of hydrogen-bond acceptors (Lipinski definition) is 8. The Morgan fingerprint density at radius 3 is 3.17 bits per heavy atom. The van der Waals surface area contributed by atoms with Crippen LogP contribution in [0.2, 0.25) is 0 Å². The van der Waals surface area contributed by atoms with Gasteiger partial charge in [-0.1, -0.05) is 11.8 Å². The highest BCUT2D eigenvalue weighted by atomic mass is 32.2. The summed E-state index contributed by atoms with van der Waals surface area (Å²) < 4.78 is 11.9. The molecule has 124 valence electrons. The number of nitrogens with one attached hydrogen (secondary N) is 1. The number of oxazole rings is 1. The monoisotopic (exact) mass is 337 g/mol. The minimum Gasteiger partial charge on any atom is -0.464 e. The highest BCUT2D eigenvalue weighted by Gasteiger charge is 2.22. The Hall–Kier alpha value is -1.87. The zero-order chi connectivity index (χ0) is 16.2. The van der Waals surface area contributed by atoms with Crippen molar-refractivity contribution in [2.75, 3.05) is 20.2 Å². The highest BCUT2D eigenvalue weighted by molar-refractivity contribution is 7.98. The van der Waals surface area contributed by atoms with E-state index in [1.54, 1.807) is 0 Å². The number of piperidine rings is 1. The summed E-state index contributed by atoms with van der Waals surface area (Å²) in [6.07, 6.45) is 3.59. The number of hydrogen-bond donors (Lipinski definition) is 1. The molecule has 9 heteroatoms. The number of aromatic nitrogens is 4. The number of thioether (sulfide) groups is 1. The lowest BCUT2D eigenvalue weighted by Crippen LogP contribution is -2.29. The topological polar surface area (TPSA) is 95.1 Å². The van der Waals surface area contributed by atoms with Crippen molar-refractivity contribution in [1.82, 2.24) is 25.1 Å².